The number of sulfonamides is 1. The number of methoxy groups -OCH3 is 1. The predicted molar refractivity (Wildman–Crippen MR) is 83.2 cm³/mol. The smallest absolute Gasteiger partial charge is 0.244 e. The Morgan fingerprint density at radius 2 is 2.10 bits per heavy atom. The lowest BCUT2D eigenvalue weighted by Crippen LogP contribution is -2.30. The topological polar surface area (TPSA) is 67.4 Å². The Labute approximate surface area is 126 Å². The molecule has 0 saturated heterocycles. The fourth-order valence-electron chi connectivity index (χ4n) is 2.50. The van der Waals surface area contributed by atoms with Gasteiger partial charge in [0.1, 0.15) is 10.6 Å². The molecule has 1 aromatic rings. The molecule has 0 amide bonds. The maximum absolute atomic E-state index is 12.6. The number of ether oxygens (including phenoxy) is 1. The van der Waals surface area contributed by atoms with Crippen molar-refractivity contribution >= 4 is 10.0 Å². The molecule has 1 aliphatic heterocycles. The second-order valence-electron chi connectivity index (χ2n) is 5.25. The Kier molecular flexibility index (Phi) is 5.03. The van der Waals surface area contributed by atoms with E-state index in [9.17, 15) is 8.42 Å². The van der Waals surface area contributed by atoms with Crippen LogP contribution in [0.5, 0.6) is 5.75 Å². The Morgan fingerprint density at radius 1 is 1.33 bits per heavy atom. The molecule has 0 aliphatic carbocycles. The zero-order valence-electron chi connectivity index (χ0n) is 12.7. The quantitative estimate of drug-likeness (QED) is 0.809. The van der Waals surface area contributed by atoms with E-state index in [-0.39, 0.29) is 4.90 Å². The van der Waals surface area contributed by atoms with Crippen molar-refractivity contribution < 1.29 is 13.2 Å². The van der Waals surface area contributed by atoms with Crippen LogP contribution < -0.4 is 14.8 Å². The molecular weight excluding hydrogens is 288 g/mol. The Morgan fingerprint density at radius 3 is 2.71 bits per heavy atom. The molecule has 0 aromatic heterocycles. The first-order chi connectivity index (χ1) is 9.94. The summed E-state index contributed by atoms with van der Waals surface area (Å²) in [5.74, 6) is 0.388. The molecule has 0 bridgehead atoms. The molecule has 1 aliphatic rings. The van der Waals surface area contributed by atoms with Crippen LogP contribution >= 0.6 is 0 Å². The molecule has 0 atom stereocenters. The van der Waals surface area contributed by atoms with Crippen LogP contribution in [0.25, 0.3) is 0 Å². The summed E-state index contributed by atoms with van der Waals surface area (Å²) in [5, 5.41) is 3.20. The van der Waals surface area contributed by atoms with Crippen LogP contribution in [0.1, 0.15) is 17.5 Å². The Balaban J connectivity index is 2.25. The molecule has 116 valence electrons. The van der Waals surface area contributed by atoms with Gasteiger partial charge in [-0.3, -0.25) is 0 Å². The highest BCUT2D eigenvalue weighted by Gasteiger charge is 2.22. The van der Waals surface area contributed by atoms with Crippen molar-refractivity contribution in [1.82, 2.24) is 10.0 Å². The van der Waals surface area contributed by atoms with Gasteiger partial charge in [0.25, 0.3) is 0 Å². The fourth-order valence-corrected chi connectivity index (χ4v) is 3.91. The minimum absolute atomic E-state index is 0.227. The third-order valence-corrected chi connectivity index (χ3v) is 5.11. The van der Waals surface area contributed by atoms with Crippen LogP contribution in [0, 0.1) is 13.8 Å². The van der Waals surface area contributed by atoms with Gasteiger partial charge in [-0.1, -0.05) is 17.7 Å². The van der Waals surface area contributed by atoms with Gasteiger partial charge >= 0.3 is 0 Å². The molecule has 0 unspecified atom stereocenters. The molecule has 1 heterocycles. The molecule has 0 saturated carbocycles. The minimum atomic E-state index is -3.59. The van der Waals surface area contributed by atoms with Crippen molar-refractivity contribution in [3.63, 3.8) is 0 Å². The molecule has 1 aromatic carbocycles. The largest absolute Gasteiger partial charge is 0.495 e. The summed E-state index contributed by atoms with van der Waals surface area (Å²) in [4.78, 5) is 0.227. The standard InChI is InChI=1S/C15H22N2O3S/c1-11-8-12(2)15(14(9-11)20-3)21(18,19)17-10-13-4-6-16-7-5-13/h4,8-9,16-17H,5-7,10H2,1-3H3. The molecule has 2 rings (SSSR count). The molecule has 21 heavy (non-hydrogen) atoms. The third kappa shape index (κ3) is 3.84. The van der Waals surface area contributed by atoms with E-state index in [1.807, 2.05) is 19.1 Å². The molecule has 2 N–H and O–H groups in total. The van der Waals surface area contributed by atoms with Gasteiger partial charge in [-0.05, 0) is 44.0 Å². The predicted octanol–water partition coefficient (Wildman–Crippen LogP) is 1.51. The van der Waals surface area contributed by atoms with E-state index in [1.165, 1.54) is 7.11 Å². The van der Waals surface area contributed by atoms with Gasteiger partial charge in [0, 0.05) is 13.1 Å². The molecular formula is C15H22N2O3S. The average molecular weight is 310 g/mol. The lowest BCUT2D eigenvalue weighted by atomic mass is 10.1. The van der Waals surface area contributed by atoms with E-state index in [4.69, 9.17) is 4.74 Å². The lowest BCUT2D eigenvalue weighted by molar-refractivity contribution is 0.401. The molecule has 6 heteroatoms. The summed E-state index contributed by atoms with van der Waals surface area (Å²) in [5.41, 5.74) is 2.78. The highest BCUT2D eigenvalue weighted by Crippen LogP contribution is 2.28. The molecule has 5 nitrogen and oxygen atoms in total. The normalized spacial score (nSPS) is 15.7. The Hall–Kier alpha value is -1.37. The van der Waals surface area contributed by atoms with Crippen LogP contribution in [-0.4, -0.2) is 35.2 Å². The maximum atomic E-state index is 12.6. The van der Waals surface area contributed by atoms with E-state index < -0.39 is 10.0 Å². The minimum Gasteiger partial charge on any atom is -0.495 e. The summed E-state index contributed by atoms with van der Waals surface area (Å²) in [7, 11) is -2.10. The SMILES string of the molecule is COc1cc(C)cc(C)c1S(=O)(=O)NCC1=CCNCC1. The van der Waals surface area contributed by atoms with E-state index in [0.717, 1.165) is 30.6 Å². The lowest BCUT2D eigenvalue weighted by Gasteiger charge is -2.17. The van der Waals surface area contributed by atoms with Crippen molar-refractivity contribution in [2.24, 2.45) is 0 Å². The second kappa shape index (κ2) is 6.60. The molecule has 0 radical (unpaired) electrons. The molecule has 0 spiro atoms. The summed E-state index contributed by atoms with van der Waals surface area (Å²) in [6.07, 6.45) is 2.90. The number of benzene rings is 1. The van der Waals surface area contributed by atoms with Gasteiger partial charge in [-0.15, -0.1) is 0 Å². The van der Waals surface area contributed by atoms with Crippen LogP contribution in [0.2, 0.25) is 0 Å². The van der Waals surface area contributed by atoms with Crippen molar-refractivity contribution in [1.29, 1.82) is 0 Å². The van der Waals surface area contributed by atoms with Gasteiger partial charge in [0.2, 0.25) is 10.0 Å². The van der Waals surface area contributed by atoms with E-state index in [2.05, 4.69) is 10.0 Å². The second-order valence-corrected chi connectivity index (χ2v) is 6.96. The fraction of sp³-hybridized carbons (Fsp3) is 0.467. The summed E-state index contributed by atoms with van der Waals surface area (Å²) in [6, 6.07) is 3.59. The highest BCUT2D eigenvalue weighted by atomic mass is 32.2. The first kappa shape index (κ1) is 16.0. The van der Waals surface area contributed by atoms with Crippen LogP contribution in [0.15, 0.2) is 28.7 Å². The first-order valence-electron chi connectivity index (χ1n) is 6.97. The number of aryl methyl sites for hydroxylation is 2. The number of hydrogen-bond acceptors (Lipinski definition) is 4. The van der Waals surface area contributed by atoms with E-state index >= 15 is 0 Å². The van der Waals surface area contributed by atoms with Gasteiger partial charge < -0.3 is 10.1 Å². The van der Waals surface area contributed by atoms with Gasteiger partial charge in [0.05, 0.1) is 7.11 Å². The summed E-state index contributed by atoms with van der Waals surface area (Å²) >= 11 is 0. The monoisotopic (exact) mass is 310 g/mol. The van der Waals surface area contributed by atoms with Crippen molar-refractivity contribution in [3.8, 4) is 5.75 Å². The van der Waals surface area contributed by atoms with Crippen molar-refractivity contribution in [3.05, 3.63) is 34.9 Å². The van der Waals surface area contributed by atoms with Crippen molar-refractivity contribution in [2.75, 3.05) is 26.7 Å². The zero-order valence-corrected chi connectivity index (χ0v) is 13.5. The van der Waals surface area contributed by atoms with Gasteiger partial charge in [-0.2, -0.15) is 0 Å². The van der Waals surface area contributed by atoms with Crippen molar-refractivity contribution in [2.45, 2.75) is 25.2 Å². The summed E-state index contributed by atoms with van der Waals surface area (Å²) in [6.45, 7) is 5.73. The van der Waals surface area contributed by atoms with Crippen LogP contribution in [-0.2, 0) is 10.0 Å². The van der Waals surface area contributed by atoms with Gasteiger partial charge in [-0.25, -0.2) is 13.1 Å². The maximum Gasteiger partial charge on any atom is 0.244 e. The number of nitrogens with one attached hydrogen (secondary N) is 2. The van der Waals surface area contributed by atoms with Gasteiger partial charge in [0.15, 0.2) is 0 Å². The number of rotatable bonds is 5. The third-order valence-electron chi connectivity index (χ3n) is 3.52. The number of hydrogen-bond donors (Lipinski definition) is 2. The first-order valence-corrected chi connectivity index (χ1v) is 8.46. The zero-order chi connectivity index (χ0) is 15.5. The van der Waals surface area contributed by atoms with E-state index in [0.29, 0.717) is 17.9 Å². The summed E-state index contributed by atoms with van der Waals surface area (Å²) < 4.78 is 33.0. The van der Waals surface area contributed by atoms with Crippen LogP contribution in [0.3, 0.4) is 0 Å². The van der Waals surface area contributed by atoms with Crippen LogP contribution in [0.4, 0.5) is 0 Å². The Bertz CT molecular complexity index is 651. The average Bonchev–Trinajstić information content (AvgIpc) is 2.45. The molecule has 0 fully saturated rings. The highest BCUT2D eigenvalue weighted by molar-refractivity contribution is 7.89. The van der Waals surface area contributed by atoms with E-state index in [1.54, 1.807) is 13.0 Å².